The van der Waals surface area contributed by atoms with Crippen molar-refractivity contribution < 1.29 is 9.21 Å². The van der Waals surface area contributed by atoms with Crippen LogP contribution in [0.15, 0.2) is 35.1 Å². The van der Waals surface area contributed by atoms with Crippen molar-refractivity contribution in [3.63, 3.8) is 0 Å². The lowest BCUT2D eigenvalue weighted by Gasteiger charge is -2.01. The molecular formula is C12H11NO2. The van der Waals surface area contributed by atoms with E-state index < -0.39 is 0 Å². The van der Waals surface area contributed by atoms with Crippen LogP contribution in [0.3, 0.4) is 0 Å². The summed E-state index contributed by atoms with van der Waals surface area (Å²) in [7, 11) is 0. The fourth-order valence-corrected chi connectivity index (χ4v) is 1.53. The van der Waals surface area contributed by atoms with E-state index in [1.54, 1.807) is 18.2 Å². The highest BCUT2D eigenvalue weighted by atomic mass is 16.3. The molecular weight excluding hydrogens is 190 g/mol. The summed E-state index contributed by atoms with van der Waals surface area (Å²) in [5.74, 6) is -0.0302. The zero-order chi connectivity index (χ0) is 10.8. The van der Waals surface area contributed by atoms with Gasteiger partial charge in [-0.05, 0) is 32.0 Å². The maximum absolute atomic E-state index is 11.9. The molecule has 0 amide bonds. The molecule has 0 fully saturated rings. The first-order valence-electron chi connectivity index (χ1n) is 4.69. The van der Waals surface area contributed by atoms with E-state index in [9.17, 15) is 4.79 Å². The number of carbonyl (C=O) groups excluding carboxylic acids is 1. The zero-order valence-corrected chi connectivity index (χ0v) is 8.65. The minimum atomic E-state index is -0.0302. The van der Waals surface area contributed by atoms with Gasteiger partial charge in [0.15, 0.2) is 5.78 Å². The van der Waals surface area contributed by atoms with Crippen LogP contribution in [-0.2, 0) is 0 Å². The van der Waals surface area contributed by atoms with Crippen LogP contribution < -0.4 is 0 Å². The van der Waals surface area contributed by atoms with Gasteiger partial charge >= 0.3 is 0 Å². The maximum atomic E-state index is 11.9. The van der Waals surface area contributed by atoms with Crippen molar-refractivity contribution in [2.75, 3.05) is 0 Å². The molecule has 0 aromatic carbocycles. The predicted octanol–water partition coefficient (Wildman–Crippen LogP) is 2.52. The topological polar surface area (TPSA) is 43.1 Å². The Morgan fingerprint density at radius 3 is 2.40 bits per heavy atom. The highest BCUT2D eigenvalue weighted by Crippen LogP contribution is 2.12. The number of carbonyl (C=O) groups is 1. The quantitative estimate of drug-likeness (QED) is 0.701. The van der Waals surface area contributed by atoms with E-state index in [2.05, 4.69) is 4.98 Å². The van der Waals surface area contributed by atoms with Gasteiger partial charge in [0.2, 0.25) is 0 Å². The first kappa shape index (κ1) is 9.65. The highest BCUT2D eigenvalue weighted by molar-refractivity contribution is 6.08. The Bertz CT molecular complexity index is 466. The largest absolute Gasteiger partial charge is 0.472 e. The molecule has 2 heterocycles. The van der Waals surface area contributed by atoms with Gasteiger partial charge in [-0.2, -0.15) is 0 Å². The van der Waals surface area contributed by atoms with Gasteiger partial charge in [-0.15, -0.1) is 0 Å². The fraction of sp³-hybridized carbons (Fsp3) is 0.167. The number of hydrogen-bond donors (Lipinski definition) is 0. The van der Waals surface area contributed by atoms with Gasteiger partial charge in [0.05, 0.1) is 11.8 Å². The molecule has 2 rings (SSSR count). The van der Waals surface area contributed by atoms with Crippen molar-refractivity contribution in [1.82, 2.24) is 4.98 Å². The molecule has 0 unspecified atom stereocenters. The summed E-state index contributed by atoms with van der Waals surface area (Å²) in [4.78, 5) is 16.1. The second-order valence-corrected chi connectivity index (χ2v) is 3.48. The molecule has 0 spiro atoms. The Balaban J connectivity index is 2.42. The van der Waals surface area contributed by atoms with E-state index in [0.717, 1.165) is 11.4 Å². The van der Waals surface area contributed by atoms with E-state index >= 15 is 0 Å². The molecule has 3 nitrogen and oxygen atoms in total. The number of aryl methyl sites for hydroxylation is 2. The summed E-state index contributed by atoms with van der Waals surface area (Å²) in [6.07, 6.45) is 2.95. The van der Waals surface area contributed by atoms with Crippen LogP contribution in [0.2, 0.25) is 0 Å². The third-order valence-corrected chi connectivity index (χ3v) is 2.13. The van der Waals surface area contributed by atoms with Crippen LogP contribution in [0.4, 0.5) is 0 Å². The van der Waals surface area contributed by atoms with Gasteiger partial charge in [-0.3, -0.25) is 9.78 Å². The third kappa shape index (κ3) is 1.96. The average molecular weight is 201 g/mol. The number of furan rings is 1. The number of nitrogens with zero attached hydrogens (tertiary/aromatic N) is 1. The predicted molar refractivity (Wildman–Crippen MR) is 55.9 cm³/mol. The molecule has 2 aromatic rings. The Morgan fingerprint density at radius 2 is 1.87 bits per heavy atom. The molecule has 15 heavy (non-hydrogen) atoms. The van der Waals surface area contributed by atoms with Gasteiger partial charge in [0.1, 0.15) is 6.26 Å². The van der Waals surface area contributed by atoms with Crippen molar-refractivity contribution in [2.24, 2.45) is 0 Å². The van der Waals surface area contributed by atoms with Crippen LogP contribution in [-0.4, -0.2) is 10.8 Å². The van der Waals surface area contributed by atoms with Crippen molar-refractivity contribution in [2.45, 2.75) is 13.8 Å². The summed E-state index contributed by atoms with van der Waals surface area (Å²) < 4.78 is 4.88. The standard InChI is InChI=1S/C12H11NO2/c1-8-5-11(6-9(2)13-8)12(14)10-3-4-15-7-10/h3-7H,1-2H3. The van der Waals surface area contributed by atoms with Gasteiger partial charge in [0, 0.05) is 17.0 Å². The van der Waals surface area contributed by atoms with Crippen molar-refractivity contribution >= 4 is 5.78 Å². The molecule has 0 saturated heterocycles. The van der Waals surface area contributed by atoms with Crippen molar-refractivity contribution in [3.05, 3.63) is 53.2 Å². The number of ketones is 1. The van der Waals surface area contributed by atoms with E-state index in [4.69, 9.17) is 4.42 Å². The highest BCUT2D eigenvalue weighted by Gasteiger charge is 2.11. The maximum Gasteiger partial charge on any atom is 0.196 e. The van der Waals surface area contributed by atoms with E-state index in [-0.39, 0.29) is 5.78 Å². The lowest BCUT2D eigenvalue weighted by molar-refractivity contribution is 0.103. The molecule has 0 aliphatic rings. The number of rotatable bonds is 2. The summed E-state index contributed by atoms with van der Waals surface area (Å²) in [5, 5.41) is 0. The second-order valence-electron chi connectivity index (χ2n) is 3.48. The average Bonchev–Trinajstić information content (AvgIpc) is 2.67. The van der Waals surface area contributed by atoms with Gasteiger partial charge in [0.25, 0.3) is 0 Å². The van der Waals surface area contributed by atoms with Gasteiger partial charge in [-0.1, -0.05) is 0 Å². The van der Waals surface area contributed by atoms with Crippen LogP contribution in [0, 0.1) is 13.8 Å². The Morgan fingerprint density at radius 1 is 1.20 bits per heavy atom. The minimum Gasteiger partial charge on any atom is -0.472 e. The molecule has 0 aliphatic carbocycles. The third-order valence-electron chi connectivity index (χ3n) is 2.13. The molecule has 0 saturated carbocycles. The molecule has 0 bridgehead atoms. The summed E-state index contributed by atoms with van der Waals surface area (Å²) in [6, 6.07) is 5.22. The molecule has 3 heteroatoms. The Hall–Kier alpha value is -1.90. The second kappa shape index (κ2) is 3.69. The van der Waals surface area contributed by atoms with Crippen LogP contribution in [0.1, 0.15) is 27.3 Å². The first-order chi connectivity index (χ1) is 7.16. The molecule has 0 atom stereocenters. The summed E-state index contributed by atoms with van der Waals surface area (Å²) in [6.45, 7) is 3.75. The molecule has 0 aliphatic heterocycles. The summed E-state index contributed by atoms with van der Waals surface area (Å²) in [5.41, 5.74) is 2.92. The zero-order valence-electron chi connectivity index (χ0n) is 8.65. The van der Waals surface area contributed by atoms with Crippen molar-refractivity contribution in [1.29, 1.82) is 0 Å². The van der Waals surface area contributed by atoms with Crippen LogP contribution in [0.25, 0.3) is 0 Å². The Kier molecular flexibility index (Phi) is 2.37. The smallest absolute Gasteiger partial charge is 0.196 e. The number of aromatic nitrogens is 1. The fourth-order valence-electron chi connectivity index (χ4n) is 1.53. The van der Waals surface area contributed by atoms with E-state index in [1.165, 1.54) is 12.5 Å². The normalized spacial score (nSPS) is 10.3. The lowest BCUT2D eigenvalue weighted by Crippen LogP contribution is -2.01. The number of hydrogen-bond acceptors (Lipinski definition) is 3. The Labute approximate surface area is 87.8 Å². The van der Waals surface area contributed by atoms with Gasteiger partial charge in [-0.25, -0.2) is 0 Å². The molecule has 76 valence electrons. The lowest BCUT2D eigenvalue weighted by atomic mass is 10.1. The summed E-state index contributed by atoms with van der Waals surface area (Å²) >= 11 is 0. The van der Waals surface area contributed by atoms with E-state index in [0.29, 0.717) is 11.1 Å². The molecule has 0 radical (unpaired) electrons. The SMILES string of the molecule is Cc1cc(C(=O)c2ccoc2)cc(C)n1. The van der Waals surface area contributed by atoms with E-state index in [1.807, 2.05) is 13.8 Å². The minimum absolute atomic E-state index is 0.0302. The van der Waals surface area contributed by atoms with Crippen LogP contribution in [0.5, 0.6) is 0 Å². The molecule has 2 aromatic heterocycles. The van der Waals surface area contributed by atoms with Gasteiger partial charge < -0.3 is 4.42 Å². The number of pyridine rings is 1. The van der Waals surface area contributed by atoms with Crippen molar-refractivity contribution in [3.8, 4) is 0 Å². The first-order valence-corrected chi connectivity index (χ1v) is 4.69. The van der Waals surface area contributed by atoms with Crippen LogP contribution >= 0.6 is 0 Å². The monoisotopic (exact) mass is 201 g/mol. The molecule has 0 N–H and O–H groups in total.